The first-order valence-electron chi connectivity index (χ1n) is 9.88. The van der Waals surface area contributed by atoms with Crippen LogP contribution in [0.5, 0.6) is 0 Å². The van der Waals surface area contributed by atoms with Gasteiger partial charge in [0, 0.05) is 37.3 Å². The highest BCUT2D eigenvalue weighted by Gasteiger charge is 2.19. The highest BCUT2D eigenvalue weighted by Crippen LogP contribution is 2.29. The second-order valence-electron chi connectivity index (χ2n) is 7.14. The Morgan fingerprint density at radius 2 is 1.50 bits per heavy atom. The predicted molar refractivity (Wildman–Crippen MR) is 116 cm³/mol. The Bertz CT molecular complexity index is 1110. The fraction of sp³-hybridized carbons (Fsp3) is 0.160. The van der Waals surface area contributed by atoms with Gasteiger partial charge in [0.1, 0.15) is 5.82 Å². The normalized spacial score (nSPS) is 12.9. The SMILES string of the molecule is CC(=O)OC(c1ccccc1)c1ccc(C(C)n2ccnc2-c2ccncc2)cc1. The van der Waals surface area contributed by atoms with Crippen molar-refractivity contribution in [2.45, 2.75) is 26.0 Å². The third-order valence-corrected chi connectivity index (χ3v) is 5.13. The van der Waals surface area contributed by atoms with Crippen molar-refractivity contribution < 1.29 is 9.53 Å². The van der Waals surface area contributed by atoms with Crippen LogP contribution in [0.15, 0.2) is 91.5 Å². The fourth-order valence-electron chi connectivity index (χ4n) is 3.58. The van der Waals surface area contributed by atoms with Crippen molar-refractivity contribution in [1.82, 2.24) is 14.5 Å². The summed E-state index contributed by atoms with van der Waals surface area (Å²) in [6, 6.07) is 22.0. The Kier molecular flexibility index (Phi) is 5.70. The molecule has 4 aromatic rings. The first-order valence-corrected chi connectivity index (χ1v) is 9.88. The Labute approximate surface area is 176 Å². The van der Waals surface area contributed by atoms with Gasteiger partial charge in [0.05, 0.1) is 6.04 Å². The van der Waals surface area contributed by atoms with Gasteiger partial charge in [0.2, 0.25) is 0 Å². The molecule has 30 heavy (non-hydrogen) atoms. The summed E-state index contributed by atoms with van der Waals surface area (Å²) in [7, 11) is 0. The summed E-state index contributed by atoms with van der Waals surface area (Å²) in [6.45, 7) is 3.58. The van der Waals surface area contributed by atoms with E-state index in [0.717, 1.165) is 28.1 Å². The molecule has 2 aromatic carbocycles. The zero-order chi connectivity index (χ0) is 20.9. The first kappa shape index (κ1) is 19.6. The molecule has 2 unspecified atom stereocenters. The molecule has 0 saturated heterocycles. The number of esters is 1. The van der Waals surface area contributed by atoms with Gasteiger partial charge >= 0.3 is 5.97 Å². The molecule has 0 radical (unpaired) electrons. The van der Waals surface area contributed by atoms with E-state index in [1.165, 1.54) is 6.92 Å². The van der Waals surface area contributed by atoms with Gasteiger partial charge in [-0.15, -0.1) is 0 Å². The van der Waals surface area contributed by atoms with Crippen LogP contribution in [-0.4, -0.2) is 20.5 Å². The molecule has 5 heteroatoms. The number of carbonyl (C=O) groups is 1. The van der Waals surface area contributed by atoms with E-state index < -0.39 is 6.10 Å². The third kappa shape index (κ3) is 4.15. The molecule has 0 amide bonds. The van der Waals surface area contributed by atoms with Crippen LogP contribution in [0, 0.1) is 0 Å². The minimum atomic E-state index is -0.423. The monoisotopic (exact) mass is 397 g/mol. The molecule has 150 valence electrons. The molecule has 2 aromatic heterocycles. The standard InChI is InChI=1S/C25H23N3O2/c1-18(28-17-16-27-25(28)23-12-14-26-15-13-23)20-8-10-22(11-9-20)24(30-19(2)29)21-6-4-3-5-7-21/h3-18,24H,1-2H3. The van der Waals surface area contributed by atoms with Gasteiger partial charge in [-0.3, -0.25) is 9.78 Å². The second kappa shape index (κ2) is 8.74. The number of ether oxygens (including phenoxy) is 1. The van der Waals surface area contributed by atoms with E-state index in [0.29, 0.717) is 0 Å². The topological polar surface area (TPSA) is 57.0 Å². The van der Waals surface area contributed by atoms with Crippen LogP contribution in [0.4, 0.5) is 0 Å². The molecule has 0 aliphatic rings. The van der Waals surface area contributed by atoms with Crippen molar-refractivity contribution in [1.29, 1.82) is 0 Å². The number of aromatic nitrogens is 3. The number of nitrogens with zero attached hydrogens (tertiary/aromatic N) is 3. The average molecular weight is 397 g/mol. The number of imidazole rings is 1. The number of hydrogen-bond acceptors (Lipinski definition) is 4. The highest BCUT2D eigenvalue weighted by molar-refractivity contribution is 5.67. The molecule has 0 fully saturated rings. The quantitative estimate of drug-likeness (QED) is 0.419. The Balaban J connectivity index is 1.62. The van der Waals surface area contributed by atoms with E-state index in [2.05, 4.69) is 33.6 Å². The van der Waals surface area contributed by atoms with E-state index in [1.807, 2.05) is 67.0 Å². The van der Waals surface area contributed by atoms with Crippen molar-refractivity contribution in [3.8, 4) is 11.4 Å². The molecule has 0 aliphatic carbocycles. The summed E-state index contributed by atoms with van der Waals surface area (Å²) in [5, 5.41) is 0. The Morgan fingerprint density at radius 1 is 0.867 bits per heavy atom. The number of benzene rings is 2. The summed E-state index contributed by atoms with van der Waals surface area (Å²) >= 11 is 0. The van der Waals surface area contributed by atoms with Crippen molar-refractivity contribution in [2.24, 2.45) is 0 Å². The maximum Gasteiger partial charge on any atom is 0.303 e. The second-order valence-corrected chi connectivity index (χ2v) is 7.14. The minimum absolute atomic E-state index is 0.0913. The third-order valence-electron chi connectivity index (χ3n) is 5.13. The van der Waals surface area contributed by atoms with Gasteiger partial charge in [-0.25, -0.2) is 4.98 Å². The number of hydrogen-bond donors (Lipinski definition) is 0. The average Bonchev–Trinajstić information content (AvgIpc) is 3.28. The number of carbonyl (C=O) groups excluding carboxylic acids is 1. The lowest BCUT2D eigenvalue weighted by molar-refractivity contribution is -0.144. The molecule has 4 rings (SSSR count). The number of pyridine rings is 1. The molecule has 0 aliphatic heterocycles. The van der Waals surface area contributed by atoms with Crippen molar-refractivity contribution in [3.63, 3.8) is 0 Å². The van der Waals surface area contributed by atoms with Crippen LogP contribution < -0.4 is 0 Å². The lowest BCUT2D eigenvalue weighted by Crippen LogP contribution is -2.11. The van der Waals surface area contributed by atoms with Gasteiger partial charge in [-0.1, -0.05) is 54.6 Å². The lowest BCUT2D eigenvalue weighted by atomic mass is 9.98. The van der Waals surface area contributed by atoms with Gasteiger partial charge in [-0.2, -0.15) is 0 Å². The van der Waals surface area contributed by atoms with Crippen LogP contribution in [-0.2, 0) is 9.53 Å². The van der Waals surface area contributed by atoms with E-state index in [9.17, 15) is 4.79 Å². The van der Waals surface area contributed by atoms with Crippen LogP contribution in [0.25, 0.3) is 11.4 Å². The molecule has 0 saturated carbocycles. The molecule has 5 nitrogen and oxygen atoms in total. The fourth-order valence-corrected chi connectivity index (χ4v) is 3.58. The van der Waals surface area contributed by atoms with Gasteiger partial charge in [0.25, 0.3) is 0 Å². The molecule has 0 spiro atoms. The van der Waals surface area contributed by atoms with Crippen LogP contribution in [0.2, 0.25) is 0 Å². The smallest absolute Gasteiger partial charge is 0.303 e. The highest BCUT2D eigenvalue weighted by atomic mass is 16.5. The maximum absolute atomic E-state index is 11.7. The summed E-state index contributed by atoms with van der Waals surface area (Å²) in [5.41, 5.74) is 4.05. The summed E-state index contributed by atoms with van der Waals surface area (Å²) in [6.07, 6.45) is 6.92. The van der Waals surface area contributed by atoms with E-state index in [1.54, 1.807) is 12.4 Å². The first-order chi connectivity index (χ1) is 14.6. The van der Waals surface area contributed by atoms with E-state index >= 15 is 0 Å². The molecular formula is C25H23N3O2. The summed E-state index contributed by atoms with van der Waals surface area (Å²) in [5.74, 6) is 0.595. The molecule has 0 N–H and O–H groups in total. The molecule has 0 bridgehead atoms. The van der Waals surface area contributed by atoms with Crippen LogP contribution >= 0.6 is 0 Å². The van der Waals surface area contributed by atoms with Crippen molar-refractivity contribution >= 4 is 5.97 Å². The van der Waals surface area contributed by atoms with Gasteiger partial charge < -0.3 is 9.30 Å². The Hall–Kier alpha value is -3.73. The summed E-state index contributed by atoms with van der Waals surface area (Å²) in [4.78, 5) is 20.3. The minimum Gasteiger partial charge on any atom is -0.453 e. The largest absolute Gasteiger partial charge is 0.453 e. The van der Waals surface area contributed by atoms with Crippen LogP contribution in [0.1, 0.15) is 42.7 Å². The maximum atomic E-state index is 11.7. The lowest BCUT2D eigenvalue weighted by Gasteiger charge is -2.20. The molecular weight excluding hydrogens is 374 g/mol. The zero-order valence-corrected chi connectivity index (χ0v) is 17.0. The van der Waals surface area contributed by atoms with E-state index in [-0.39, 0.29) is 12.0 Å². The Morgan fingerprint density at radius 3 is 2.17 bits per heavy atom. The predicted octanol–water partition coefficient (Wildman–Crippen LogP) is 5.21. The summed E-state index contributed by atoms with van der Waals surface area (Å²) < 4.78 is 7.76. The van der Waals surface area contributed by atoms with Gasteiger partial charge in [0.15, 0.2) is 6.10 Å². The van der Waals surface area contributed by atoms with Crippen molar-refractivity contribution in [2.75, 3.05) is 0 Å². The van der Waals surface area contributed by atoms with Crippen molar-refractivity contribution in [3.05, 3.63) is 108 Å². The zero-order valence-electron chi connectivity index (χ0n) is 17.0. The van der Waals surface area contributed by atoms with E-state index in [4.69, 9.17) is 4.74 Å². The van der Waals surface area contributed by atoms with Gasteiger partial charge in [-0.05, 0) is 35.7 Å². The molecule has 2 atom stereocenters. The number of rotatable bonds is 6. The molecule has 2 heterocycles. The van der Waals surface area contributed by atoms with Crippen LogP contribution in [0.3, 0.4) is 0 Å².